The summed E-state index contributed by atoms with van der Waals surface area (Å²) in [7, 11) is 0. The summed E-state index contributed by atoms with van der Waals surface area (Å²) < 4.78 is 6.94. The number of hydrogen-bond acceptors (Lipinski definition) is 4. The third-order valence-electron chi connectivity index (χ3n) is 4.67. The third kappa shape index (κ3) is 3.48. The molecule has 3 aromatic rings. The van der Waals surface area contributed by atoms with Crippen LogP contribution in [0.1, 0.15) is 33.4 Å². The molecular weight excluding hydrogens is 344 g/mol. The van der Waals surface area contributed by atoms with E-state index in [0.29, 0.717) is 24.4 Å². The normalized spacial score (nSPS) is 16.0. The predicted octanol–water partition coefficient (Wildman–Crippen LogP) is 2.30. The van der Waals surface area contributed by atoms with Crippen LogP contribution in [0.3, 0.4) is 0 Å². The van der Waals surface area contributed by atoms with E-state index in [9.17, 15) is 9.59 Å². The van der Waals surface area contributed by atoms with Crippen LogP contribution in [0.25, 0.3) is 0 Å². The van der Waals surface area contributed by atoms with Crippen molar-refractivity contribution in [2.75, 3.05) is 6.54 Å². The molecule has 0 fully saturated rings. The summed E-state index contributed by atoms with van der Waals surface area (Å²) in [6.45, 7) is 2.94. The summed E-state index contributed by atoms with van der Waals surface area (Å²) in [5.74, 6) is 0.389. The second-order valence-electron chi connectivity index (χ2n) is 6.64. The molecule has 0 bridgehead atoms. The molecule has 7 heteroatoms. The van der Waals surface area contributed by atoms with E-state index >= 15 is 0 Å². The Balaban J connectivity index is 1.53. The van der Waals surface area contributed by atoms with Crippen molar-refractivity contribution in [1.82, 2.24) is 20.0 Å². The third-order valence-corrected chi connectivity index (χ3v) is 4.67. The predicted molar refractivity (Wildman–Crippen MR) is 97.7 cm³/mol. The number of rotatable bonds is 4. The zero-order valence-electron chi connectivity index (χ0n) is 15.0. The molecule has 4 rings (SSSR count). The van der Waals surface area contributed by atoms with Gasteiger partial charge in [0.15, 0.2) is 0 Å². The minimum Gasteiger partial charge on any atom is -0.467 e. The fourth-order valence-corrected chi connectivity index (χ4v) is 3.31. The zero-order valence-corrected chi connectivity index (χ0v) is 15.0. The van der Waals surface area contributed by atoms with Crippen molar-refractivity contribution in [3.8, 4) is 0 Å². The number of carbonyl (C=O) groups is 2. The Morgan fingerprint density at radius 1 is 1.26 bits per heavy atom. The maximum Gasteiger partial charge on any atom is 0.254 e. The highest BCUT2D eigenvalue weighted by atomic mass is 16.3. The van der Waals surface area contributed by atoms with Crippen molar-refractivity contribution in [2.24, 2.45) is 0 Å². The maximum atomic E-state index is 12.9. The highest BCUT2D eigenvalue weighted by molar-refractivity contribution is 5.95. The monoisotopic (exact) mass is 364 g/mol. The highest BCUT2D eigenvalue weighted by Gasteiger charge is 2.33. The molecule has 1 atom stereocenters. The first kappa shape index (κ1) is 17.1. The quantitative estimate of drug-likeness (QED) is 0.770. The molecule has 1 aliphatic rings. The van der Waals surface area contributed by atoms with Gasteiger partial charge in [-0.1, -0.05) is 17.7 Å². The molecule has 2 amide bonds. The average Bonchev–Trinajstić information content (AvgIpc) is 3.36. The Morgan fingerprint density at radius 3 is 2.93 bits per heavy atom. The highest BCUT2D eigenvalue weighted by Crippen LogP contribution is 2.22. The van der Waals surface area contributed by atoms with E-state index < -0.39 is 6.04 Å². The molecule has 2 aromatic heterocycles. The van der Waals surface area contributed by atoms with Gasteiger partial charge in [0.25, 0.3) is 5.91 Å². The van der Waals surface area contributed by atoms with Crippen LogP contribution >= 0.6 is 0 Å². The number of benzene rings is 1. The van der Waals surface area contributed by atoms with Crippen LogP contribution in [0.5, 0.6) is 0 Å². The van der Waals surface area contributed by atoms with Gasteiger partial charge in [-0.05, 0) is 37.3 Å². The van der Waals surface area contributed by atoms with Crippen LogP contribution in [0.15, 0.2) is 59.3 Å². The summed E-state index contributed by atoms with van der Waals surface area (Å²) >= 11 is 0. The number of aromatic nitrogens is 2. The SMILES string of the molecule is Cc1cccc(C(=O)N2Cc3ccnn3[C@@H](C(=O)NCc3ccco3)C2)c1. The minimum absolute atomic E-state index is 0.0880. The lowest BCUT2D eigenvalue weighted by Gasteiger charge is -2.33. The summed E-state index contributed by atoms with van der Waals surface area (Å²) in [5, 5.41) is 7.14. The number of hydrogen-bond donors (Lipinski definition) is 1. The molecule has 3 heterocycles. The molecule has 138 valence electrons. The molecule has 7 nitrogen and oxygen atoms in total. The molecule has 0 radical (unpaired) electrons. The fraction of sp³-hybridized carbons (Fsp3) is 0.250. The topological polar surface area (TPSA) is 80.4 Å². The summed E-state index contributed by atoms with van der Waals surface area (Å²) in [6.07, 6.45) is 3.22. The Morgan fingerprint density at radius 2 is 2.15 bits per heavy atom. The first-order valence-electron chi connectivity index (χ1n) is 8.80. The maximum absolute atomic E-state index is 12.9. The number of nitrogens with zero attached hydrogens (tertiary/aromatic N) is 3. The van der Waals surface area contributed by atoms with Gasteiger partial charge in [0.05, 0.1) is 31.6 Å². The molecule has 1 N–H and O–H groups in total. The Labute approximate surface area is 156 Å². The first-order valence-corrected chi connectivity index (χ1v) is 8.80. The summed E-state index contributed by atoms with van der Waals surface area (Å²) in [6, 6.07) is 12.3. The molecular formula is C20H20N4O3. The molecule has 0 unspecified atom stereocenters. The molecule has 1 aromatic carbocycles. The second-order valence-corrected chi connectivity index (χ2v) is 6.64. The van der Waals surface area contributed by atoms with Gasteiger partial charge in [0, 0.05) is 11.8 Å². The largest absolute Gasteiger partial charge is 0.467 e. The van der Waals surface area contributed by atoms with E-state index in [-0.39, 0.29) is 18.4 Å². The molecule has 27 heavy (non-hydrogen) atoms. The summed E-state index contributed by atoms with van der Waals surface area (Å²) in [4.78, 5) is 27.4. The van der Waals surface area contributed by atoms with Crippen LogP contribution in [-0.4, -0.2) is 33.0 Å². The Hall–Kier alpha value is -3.35. The average molecular weight is 364 g/mol. The lowest BCUT2D eigenvalue weighted by Crippen LogP contribution is -2.47. The van der Waals surface area contributed by atoms with Crippen LogP contribution < -0.4 is 5.32 Å². The lowest BCUT2D eigenvalue weighted by molar-refractivity contribution is -0.125. The number of aryl methyl sites for hydroxylation is 1. The van der Waals surface area contributed by atoms with Crippen molar-refractivity contribution in [2.45, 2.75) is 26.1 Å². The van der Waals surface area contributed by atoms with Gasteiger partial charge in [0.1, 0.15) is 11.8 Å². The van der Waals surface area contributed by atoms with Gasteiger partial charge in [-0.2, -0.15) is 5.10 Å². The molecule has 1 aliphatic heterocycles. The molecule has 0 saturated heterocycles. The molecule has 0 aliphatic carbocycles. The molecule has 0 spiro atoms. The van der Waals surface area contributed by atoms with Crippen molar-refractivity contribution >= 4 is 11.8 Å². The van der Waals surface area contributed by atoms with Crippen molar-refractivity contribution in [3.63, 3.8) is 0 Å². The van der Waals surface area contributed by atoms with Crippen LogP contribution in [0, 0.1) is 6.92 Å². The molecule has 0 saturated carbocycles. The van der Waals surface area contributed by atoms with E-state index in [1.807, 2.05) is 31.2 Å². The van der Waals surface area contributed by atoms with Crippen LogP contribution in [0.4, 0.5) is 0 Å². The van der Waals surface area contributed by atoms with Gasteiger partial charge < -0.3 is 14.6 Å². The van der Waals surface area contributed by atoms with Gasteiger partial charge in [-0.3, -0.25) is 14.3 Å². The van der Waals surface area contributed by atoms with E-state index in [1.165, 1.54) is 0 Å². The van der Waals surface area contributed by atoms with Crippen molar-refractivity contribution in [3.05, 3.63) is 77.5 Å². The van der Waals surface area contributed by atoms with E-state index in [0.717, 1.165) is 11.3 Å². The first-order chi connectivity index (χ1) is 13.1. The fourth-order valence-electron chi connectivity index (χ4n) is 3.31. The van der Waals surface area contributed by atoms with E-state index in [4.69, 9.17) is 4.42 Å². The van der Waals surface area contributed by atoms with E-state index in [1.54, 1.807) is 40.2 Å². The van der Waals surface area contributed by atoms with Crippen LogP contribution in [-0.2, 0) is 17.9 Å². The number of fused-ring (bicyclic) bond motifs is 1. The van der Waals surface area contributed by atoms with Crippen LogP contribution in [0.2, 0.25) is 0 Å². The van der Waals surface area contributed by atoms with Gasteiger partial charge in [-0.15, -0.1) is 0 Å². The number of furan rings is 1. The zero-order chi connectivity index (χ0) is 18.8. The number of nitrogens with one attached hydrogen (secondary N) is 1. The second kappa shape index (κ2) is 7.11. The van der Waals surface area contributed by atoms with Gasteiger partial charge >= 0.3 is 0 Å². The van der Waals surface area contributed by atoms with E-state index in [2.05, 4.69) is 10.4 Å². The Kier molecular flexibility index (Phi) is 4.50. The summed E-state index contributed by atoms with van der Waals surface area (Å²) in [5.41, 5.74) is 2.48. The Bertz CT molecular complexity index is 961. The van der Waals surface area contributed by atoms with Crippen molar-refractivity contribution in [1.29, 1.82) is 0 Å². The van der Waals surface area contributed by atoms with Crippen molar-refractivity contribution < 1.29 is 14.0 Å². The lowest BCUT2D eigenvalue weighted by atomic mass is 10.1. The van der Waals surface area contributed by atoms with Gasteiger partial charge in [0.2, 0.25) is 5.91 Å². The van der Waals surface area contributed by atoms with Gasteiger partial charge in [-0.25, -0.2) is 0 Å². The number of amides is 2. The minimum atomic E-state index is -0.576. The smallest absolute Gasteiger partial charge is 0.254 e. The number of carbonyl (C=O) groups excluding carboxylic acids is 2. The standard InChI is InChI=1S/C20H20N4O3/c1-14-4-2-5-15(10-14)20(26)23-12-16-7-8-22-24(16)18(13-23)19(25)21-11-17-6-3-9-27-17/h2-10,18H,11-13H2,1H3,(H,21,25)/t18-/m1/s1.